The van der Waals surface area contributed by atoms with E-state index in [4.69, 9.17) is 4.74 Å². The molecule has 2 aromatic rings. The lowest BCUT2D eigenvalue weighted by Crippen LogP contribution is -2.24. The van der Waals surface area contributed by atoms with Crippen LogP contribution in [-0.4, -0.2) is 23.7 Å². The van der Waals surface area contributed by atoms with Crippen molar-refractivity contribution < 1.29 is 22.7 Å². The van der Waals surface area contributed by atoms with Crippen LogP contribution in [0.2, 0.25) is 0 Å². The van der Waals surface area contributed by atoms with Crippen molar-refractivity contribution in [1.29, 1.82) is 0 Å². The highest BCUT2D eigenvalue weighted by Gasteiger charge is 2.29. The molecule has 0 aliphatic rings. The van der Waals surface area contributed by atoms with Gasteiger partial charge in [-0.1, -0.05) is 23.3 Å². The summed E-state index contributed by atoms with van der Waals surface area (Å²) in [6.07, 6.45) is -3.11. The molecule has 0 radical (unpaired) electrons. The monoisotopic (exact) mass is 338 g/mol. The number of ether oxygens (including phenoxy) is 1. The molecule has 7 heteroatoms. The second kappa shape index (κ2) is 7.33. The van der Waals surface area contributed by atoms with Crippen LogP contribution in [-0.2, 0) is 6.54 Å². The van der Waals surface area contributed by atoms with E-state index in [2.05, 4.69) is 10.3 Å². The summed E-state index contributed by atoms with van der Waals surface area (Å²) in [5.41, 5.74) is 2.78. The average molecular weight is 338 g/mol. The predicted molar refractivity (Wildman–Crippen MR) is 82.9 cm³/mol. The first kappa shape index (κ1) is 17.8. The van der Waals surface area contributed by atoms with Gasteiger partial charge in [0, 0.05) is 23.9 Å². The van der Waals surface area contributed by atoms with Crippen LogP contribution in [0, 0.1) is 13.8 Å². The number of aromatic nitrogens is 1. The van der Waals surface area contributed by atoms with E-state index in [9.17, 15) is 18.0 Å². The van der Waals surface area contributed by atoms with Crippen molar-refractivity contribution in [1.82, 2.24) is 10.3 Å². The van der Waals surface area contributed by atoms with Crippen LogP contribution >= 0.6 is 0 Å². The topological polar surface area (TPSA) is 51.2 Å². The minimum Gasteiger partial charge on any atom is -0.468 e. The lowest BCUT2D eigenvalue weighted by atomic mass is 10.1. The van der Waals surface area contributed by atoms with Gasteiger partial charge in [-0.3, -0.25) is 4.79 Å². The van der Waals surface area contributed by atoms with E-state index < -0.39 is 12.8 Å². The molecule has 0 spiro atoms. The Labute approximate surface area is 137 Å². The fraction of sp³-hybridized carbons (Fsp3) is 0.294. The number of aryl methyl sites for hydroxylation is 2. The third-order valence-electron chi connectivity index (χ3n) is 3.15. The molecule has 0 atom stereocenters. The number of carbonyl (C=O) groups excluding carboxylic acids is 1. The summed E-state index contributed by atoms with van der Waals surface area (Å²) < 4.78 is 41.5. The van der Waals surface area contributed by atoms with Crippen LogP contribution in [0.1, 0.15) is 27.0 Å². The normalized spacial score (nSPS) is 11.2. The summed E-state index contributed by atoms with van der Waals surface area (Å²) in [5, 5.41) is 2.67. The number of nitrogens with zero attached hydrogens (tertiary/aromatic N) is 1. The maximum Gasteiger partial charge on any atom is 0.422 e. The summed E-state index contributed by atoms with van der Waals surface area (Å²) in [6, 6.07) is 8.56. The number of hydrogen-bond acceptors (Lipinski definition) is 3. The molecular weight excluding hydrogens is 321 g/mol. The first-order valence-corrected chi connectivity index (χ1v) is 7.24. The zero-order valence-electron chi connectivity index (χ0n) is 13.3. The van der Waals surface area contributed by atoms with E-state index in [1.54, 1.807) is 24.3 Å². The number of halogens is 3. The van der Waals surface area contributed by atoms with Gasteiger partial charge >= 0.3 is 6.18 Å². The smallest absolute Gasteiger partial charge is 0.422 e. The second-order valence-corrected chi connectivity index (χ2v) is 5.43. The minimum absolute atomic E-state index is 0.0207. The summed E-state index contributed by atoms with van der Waals surface area (Å²) in [6.45, 7) is 2.36. The van der Waals surface area contributed by atoms with E-state index in [1.807, 2.05) is 19.9 Å². The van der Waals surface area contributed by atoms with E-state index >= 15 is 0 Å². The van der Waals surface area contributed by atoms with Crippen molar-refractivity contribution in [3.63, 3.8) is 0 Å². The summed E-state index contributed by atoms with van der Waals surface area (Å²) in [7, 11) is 0. The van der Waals surface area contributed by atoms with E-state index in [0.29, 0.717) is 11.1 Å². The predicted octanol–water partition coefficient (Wildman–Crippen LogP) is 3.57. The van der Waals surface area contributed by atoms with Gasteiger partial charge in [0.2, 0.25) is 5.88 Å². The van der Waals surface area contributed by atoms with Crippen LogP contribution in [0.4, 0.5) is 13.2 Å². The Balaban J connectivity index is 2.05. The van der Waals surface area contributed by atoms with Crippen LogP contribution in [0.3, 0.4) is 0 Å². The fourth-order valence-corrected chi connectivity index (χ4v) is 2.22. The molecule has 0 bridgehead atoms. The molecule has 0 saturated carbocycles. The summed E-state index contributed by atoms with van der Waals surface area (Å²) in [5.74, 6) is -0.456. The van der Waals surface area contributed by atoms with Crippen molar-refractivity contribution in [2.45, 2.75) is 26.6 Å². The maximum atomic E-state index is 12.3. The number of pyridine rings is 1. The van der Waals surface area contributed by atoms with E-state index in [0.717, 1.165) is 11.1 Å². The van der Waals surface area contributed by atoms with Crippen molar-refractivity contribution in [2.24, 2.45) is 0 Å². The largest absolute Gasteiger partial charge is 0.468 e. The first-order chi connectivity index (χ1) is 11.2. The minimum atomic E-state index is -4.45. The molecule has 24 heavy (non-hydrogen) atoms. The SMILES string of the molecule is Cc1cc(C)cc(C(=O)NCc2cccnc2OCC(F)(F)F)c1. The number of amides is 1. The number of rotatable bonds is 5. The van der Waals surface area contributed by atoms with Crippen LogP contribution in [0.15, 0.2) is 36.5 Å². The van der Waals surface area contributed by atoms with Gasteiger partial charge in [0.05, 0.1) is 0 Å². The Kier molecular flexibility index (Phi) is 5.43. The van der Waals surface area contributed by atoms with Gasteiger partial charge in [-0.15, -0.1) is 0 Å². The zero-order chi connectivity index (χ0) is 17.7. The second-order valence-electron chi connectivity index (χ2n) is 5.43. The lowest BCUT2D eigenvalue weighted by Gasteiger charge is -2.12. The maximum absolute atomic E-state index is 12.3. The van der Waals surface area contributed by atoms with Crippen molar-refractivity contribution in [3.05, 3.63) is 58.8 Å². The van der Waals surface area contributed by atoms with Gasteiger partial charge in [-0.2, -0.15) is 13.2 Å². The molecule has 1 aromatic carbocycles. The molecular formula is C17H17F3N2O2. The van der Waals surface area contributed by atoms with Gasteiger partial charge in [-0.25, -0.2) is 4.98 Å². The van der Waals surface area contributed by atoms with Gasteiger partial charge in [-0.05, 0) is 32.0 Å². The third-order valence-corrected chi connectivity index (χ3v) is 3.15. The molecule has 0 unspecified atom stereocenters. The van der Waals surface area contributed by atoms with Gasteiger partial charge < -0.3 is 10.1 Å². The molecule has 4 nitrogen and oxygen atoms in total. The van der Waals surface area contributed by atoms with Crippen LogP contribution in [0.5, 0.6) is 5.88 Å². The number of benzene rings is 1. The molecule has 1 aromatic heterocycles. The fourth-order valence-electron chi connectivity index (χ4n) is 2.22. The number of carbonyl (C=O) groups is 1. The Morgan fingerprint density at radius 1 is 1.21 bits per heavy atom. The Morgan fingerprint density at radius 3 is 2.50 bits per heavy atom. The highest BCUT2D eigenvalue weighted by atomic mass is 19.4. The molecule has 128 valence electrons. The molecule has 0 aliphatic carbocycles. The van der Waals surface area contributed by atoms with Crippen molar-refractivity contribution in [2.75, 3.05) is 6.61 Å². The standard InChI is InChI=1S/C17H17F3N2O2/c1-11-6-12(2)8-14(7-11)15(23)22-9-13-4-3-5-21-16(13)24-10-17(18,19)20/h3-8H,9-10H2,1-2H3,(H,22,23). The summed E-state index contributed by atoms with van der Waals surface area (Å²) >= 11 is 0. The zero-order valence-corrected chi connectivity index (χ0v) is 13.3. The highest BCUT2D eigenvalue weighted by Crippen LogP contribution is 2.20. The first-order valence-electron chi connectivity index (χ1n) is 7.24. The summed E-state index contributed by atoms with van der Waals surface area (Å²) in [4.78, 5) is 16.0. The molecule has 0 saturated heterocycles. The molecule has 0 aliphatic heterocycles. The average Bonchev–Trinajstić information content (AvgIpc) is 2.49. The highest BCUT2D eigenvalue weighted by molar-refractivity contribution is 5.94. The molecule has 1 amide bonds. The van der Waals surface area contributed by atoms with Gasteiger partial charge in [0.25, 0.3) is 5.91 Å². The molecule has 2 rings (SSSR count). The Morgan fingerprint density at radius 2 is 1.88 bits per heavy atom. The molecule has 1 heterocycles. The lowest BCUT2D eigenvalue weighted by molar-refractivity contribution is -0.154. The van der Waals surface area contributed by atoms with Gasteiger partial charge in [0.1, 0.15) is 0 Å². The van der Waals surface area contributed by atoms with Crippen molar-refractivity contribution in [3.8, 4) is 5.88 Å². The molecule has 1 N–H and O–H groups in total. The molecule has 0 fully saturated rings. The van der Waals surface area contributed by atoms with Crippen LogP contribution in [0.25, 0.3) is 0 Å². The Bertz CT molecular complexity index is 710. The van der Waals surface area contributed by atoms with Gasteiger partial charge in [0.15, 0.2) is 6.61 Å². The quantitative estimate of drug-likeness (QED) is 0.907. The van der Waals surface area contributed by atoms with E-state index in [1.165, 1.54) is 6.20 Å². The van der Waals surface area contributed by atoms with Crippen LogP contribution < -0.4 is 10.1 Å². The Hall–Kier alpha value is -2.57. The number of alkyl halides is 3. The third kappa shape index (κ3) is 5.26. The number of hydrogen-bond donors (Lipinski definition) is 1. The van der Waals surface area contributed by atoms with Crippen molar-refractivity contribution >= 4 is 5.91 Å². The number of nitrogens with one attached hydrogen (secondary N) is 1. The van der Waals surface area contributed by atoms with E-state index in [-0.39, 0.29) is 18.3 Å².